The number of ether oxygens (including phenoxy) is 4. The van der Waals surface area contributed by atoms with E-state index < -0.39 is 22.4 Å². The van der Waals surface area contributed by atoms with Crippen molar-refractivity contribution in [2.45, 2.75) is 147 Å². The molecule has 252 valence electrons. The number of fused-ring (bicyclic) bond motifs is 1. The normalized spacial score (nSPS) is 25.9. The van der Waals surface area contributed by atoms with Gasteiger partial charge in [-0.1, -0.05) is 102 Å². The monoisotopic (exact) mass is 656 g/mol. The highest BCUT2D eigenvalue weighted by Gasteiger charge is 2.68. The molecule has 2 aliphatic heterocycles. The first-order valence-corrected chi connectivity index (χ1v) is 22.8. The van der Waals surface area contributed by atoms with Gasteiger partial charge in [-0.15, -0.1) is 0 Å². The van der Waals surface area contributed by atoms with Gasteiger partial charge < -0.3 is 27.8 Å². The van der Waals surface area contributed by atoms with Gasteiger partial charge in [-0.05, 0) is 66.7 Å². The van der Waals surface area contributed by atoms with E-state index in [9.17, 15) is 0 Å². The summed E-state index contributed by atoms with van der Waals surface area (Å²) >= 11 is 0. The predicted octanol–water partition coefficient (Wildman–Crippen LogP) is 9.26. The number of benzene rings is 2. The molecular formula is C37H60O6Si2. The van der Waals surface area contributed by atoms with Crippen molar-refractivity contribution in [2.75, 3.05) is 13.2 Å². The van der Waals surface area contributed by atoms with Crippen LogP contribution in [0.3, 0.4) is 0 Å². The summed E-state index contributed by atoms with van der Waals surface area (Å²) in [4.78, 5) is 0. The van der Waals surface area contributed by atoms with Crippen LogP contribution in [0.5, 0.6) is 0 Å². The van der Waals surface area contributed by atoms with Crippen molar-refractivity contribution in [1.82, 2.24) is 0 Å². The number of epoxide rings is 1. The van der Waals surface area contributed by atoms with Crippen LogP contribution in [-0.4, -0.2) is 60.1 Å². The Labute approximate surface area is 275 Å². The van der Waals surface area contributed by atoms with Gasteiger partial charge in [-0.25, -0.2) is 0 Å². The fraction of sp³-hybridized carbons (Fsp3) is 0.676. The molecule has 45 heavy (non-hydrogen) atoms. The summed E-state index contributed by atoms with van der Waals surface area (Å²) < 4.78 is 40.3. The molecule has 0 N–H and O–H groups in total. The van der Waals surface area contributed by atoms with Crippen LogP contribution in [0.25, 0.3) is 0 Å². The van der Waals surface area contributed by atoms with Gasteiger partial charge in [0.1, 0.15) is 12.2 Å². The highest BCUT2D eigenvalue weighted by atomic mass is 28.4. The lowest BCUT2D eigenvalue weighted by Gasteiger charge is -2.41. The van der Waals surface area contributed by atoms with E-state index >= 15 is 0 Å². The summed E-state index contributed by atoms with van der Waals surface area (Å²) in [6, 6.07) is 20.7. The number of hydrogen-bond acceptors (Lipinski definition) is 6. The van der Waals surface area contributed by atoms with Crippen LogP contribution in [0.15, 0.2) is 60.7 Å². The van der Waals surface area contributed by atoms with Crippen LogP contribution in [0, 0.1) is 0 Å². The van der Waals surface area contributed by atoms with Crippen molar-refractivity contribution in [2.24, 2.45) is 0 Å². The molecule has 2 heterocycles. The first kappa shape index (κ1) is 36.5. The van der Waals surface area contributed by atoms with Gasteiger partial charge in [0.05, 0.1) is 25.4 Å². The Morgan fingerprint density at radius 3 is 1.91 bits per heavy atom. The van der Waals surface area contributed by atoms with Crippen LogP contribution in [0.4, 0.5) is 0 Å². The summed E-state index contributed by atoms with van der Waals surface area (Å²) in [5, 5.41) is 0.228. The topological polar surface area (TPSA) is 58.7 Å². The zero-order valence-corrected chi connectivity index (χ0v) is 31.7. The number of rotatable bonds is 15. The molecule has 0 aliphatic carbocycles. The third-order valence-corrected chi connectivity index (χ3v) is 19.4. The van der Waals surface area contributed by atoms with Crippen molar-refractivity contribution in [1.29, 1.82) is 0 Å². The smallest absolute Gasteiger partial charge is 0.213 e. The van der Waals surface area contributed by atoms with Gasteiger partial charge in [0.2, 0.25) is 5.79 Å². The molecule has 2 saturated heterocycles. The minimum Gasteiger partial charge on any atom is -0.417 e. The molecule has 6 nitrogen and oxygen atoms in total. The third kappa shape index (κ3) is 9.60. The second-order valence-electron chi connectivity index (χ2n) is 16.0. The zero-order chi connectivity index (χ0) is 32.9. The Morgan fingerprint density at radius 1 is 0.756 bits per heavy atom. The van der Waals surface area contributed by atoms with Crippen molar-refractivity contribution in [3.8, 4) is 0 Å². The Bertz CT molecular complexity index is 1180. The Morgan fingerprint density at radius 2 is 1.33 bits per heavy atom. The average Bonchev–Trinajstić information content (AvgIpc) is 3.66. The molecule has 0 unspecified atom stereocenters. The van der Waals surface area contributed by atoms with E-state index in [1.54, 1.807) is 0 Å². The second-order valence-corrected chi connectivity index (χ2v) is 25.5. The standard InChI is InChI=1S/C37H60O6Si2/c1-35(2,3)44(7,8)40-24-17-22-33-37(43-45(9,10)36(4,5)6)34(42-37)26-32(39-28-30-20-15-12-16-21-30)31(41-33)23-25-38-27-29-18-13-11-14-19-29/h11-16,18-21,31-34H,17,22-28H2,1-10H3/t31-,32+,33+,34+,37+/m0/s1. The molecule has 4 rings (SSSR count). The maximum absolute atomic E-state index is 7.17. The highest BCUT2D eigenvalue weighted by molar-refractivity contribution is 6.74. The summed E-state index contributed by atoms with van der Waals surface area (Å²) in [5.74, 6) is -0.742. The summed E-state index contributed by atoms with van der Waals surface area (Å²) in [5.41, 5.74) is 2.33. The van der Waals surface area contributed by atoms with Crippen molar-refractivity contribution < 1.29 is 27.8 Å². The van der Waals surface area contributed by atoms with E-state index in [4.69, 9.17) is 27.8 Å². The van der Waals surface area contributed by atoms with Gasteiger partial charge in [0.15, 0.2) is 16.6 Å². The van der Waals surface area contributed by atoms with Crippen LogP contribution < -0.4 is 0 Å². The van der Waals surface area contributed by atoms with E-state index in [0.29, 0.717) is 19.8 Å². The summed E-state index contributed by atoms with van der Waals surface area (Å²) in [6.45, 7) is 25.4. The summed E-state index contributed by atoms with van der Waals surface area (Å²) in [7, 11) is -4.01. The molecule has 2 aromatic carbocycles. The highest BCUT2D eigenvalue weighted by Crippen LogP contribution is 2.54. The van der Waals surface area contributed by atoms with Crippen molar-refractivity contribution in [3.63, 3.8) is 0 Å². The third-order valence-electron chi connectivity index (χ3n) is 10.4. The minimum absolute atomic E-state index is 0.0500. The Hall–Kier alpha value is -1.37. The molecule has 0 aromatic heterocycles. The molecule has 0 amide bonds. The Kier molecular flexibility index (Phi) is 12.0. The van der Waals surface area contributed by atoms with Gasteiger partial charge in [-0.2, -0.15) is 0 Å². The molecule has 5 atom stereocenters. The van der Waals surface area contributed by atoms with E-state index in [-0.39, 0.29) is 34.5 Å². The molecular weight excluding hydrogens is 597 g/mol. The molecule has 0 radical (unpaired) electrons. The van der Waals surface area contributed by atoms with Gasteiger partial charge >= 0.3 is 0 Å². The molecule has 8 heteroatoms. The van der Waals surface area contributed by atoms with Crippen LogP contribution in [0.2, 0.25) is 36.3 Å². The lowest BCUT2D eigenvalue weighted by atomic mass is 10.0. The molecule has 0 spiro atoms. The van der Waals surface area contributed by atoms with Crippen LogP contribution in [0.1, 0.15) is 78.4 Å². The first-order chi connectivity index (χ1) is 21.0. The fourth-order valence-corrected chi connectivity index (χ4v) is 7.90. The lowest BCUT2D eigenvalue weighted by Crippen LogP contribution is -2.51. The van der Waals surface area contributed by atoms with E-state index in [1.165, 1.54) is 5.56 Å². The van der Waals surface area contributed by atoms with Crippen LogP contribution in [-0.2, 0) is 41.0 Å². The van der Waals surface area contributed by atoms with E-state index in [2.05, 4.69) is 104 Å². The maximum Gasteiger partial charge on any atom is 0.213 e. The quantitative estimate of drug-likeness (QED) is 0.108. The van der Waals surface area contributed by atoms with E-state index in [1.807, 2.05) is 24.3 Å². The maximum atomic E-state index is 7.17. The predicted molar refractivity (Wildman–Crippen MR) is 187 cm³/mol. The Balaban J connectivity index is 1.52. The number of hydrogen-bond donors (Lipinski definition) is 0. The SMILES string of the molecule is CC(C)(C)[Si](C)(C)OCCC[C@H]1O[C@@H](CCOCc2ccccc2)[C@H](OCc2ccccc2)C[C@H]2O[C@@]12O[Si](C)(C)C(C)(C)C. The fourth-order valence-electron chi connectivity index (χ4n) is 5.40. The largest absolute Gasteiger partial charge is 0.417 e. The average molecular weight is 657 g/mol. The second kappa shape index (κ2) is 14.8. The van der Waals surface area contributed by atoms with E-state index in [0.717, 1.165) is 37.9 Å². The first-order valence-electron chi connectivity index (χ1n) is 17.0. The zero-order valence-electron chi connectivity index (χ0n) is 29.7. The van der Waals surface area contributed by atoms with Gasteiger partial charge in [0.25, 0.3) is 0 Å². The van der Waals surface area contributed by atoms with Crippen molar-refractivity contribution >= 4 is 16.6 Å². The molecule has 0 saturated carbocycles. The van der Waals surface area contributed by atoms with Gasteiger partial charge in [0, 0.05) is 19.6 Å². The molecule has 0 bridgehead atoms. The van der Waals surface area contributed by atoms with Gasteiger partial charge in [-0.3, -0.25) is 0 Å². The summed E-state index contributed by atoms with van der Waals surface area (Å²) in [6.07, 6.45) is 2.65. The molecule has 2 aromatic rings. The molecule has 2 fully saturated rings. The molecule has 2 aliphatic rings. The lowest BCUT2D eigenvalue weighted by molar-refractivity contribution is -0.164. The van der Waals surface area contributed by atoms with Crippen molar-refractivity contribution in [3.05, 3.63) is 71.8 Å². The minimum atomic E-state index is -2.17. The van der Waals surface area contributed by atoms with Crippen LogP contribution >= 0.6 is 0 Å².